The number of likely N-dealkylation sites (N-methyl/N-ethyl adjacent to an activating group) is 1. The molecule has 0 spiro atoms. The van der Waals surface area contributed by atoms with Gasteiger partial charge in [-0.15, -0.1) is 11.8 Å². The summed E-state index contributed by atoms with van der Waals surface area (Å²) in [6.45, 7) is 3.81. The molecule has 1 saturated heterocycles. The summed E-state index contributed by atoms with van der Waals surface area (Å²) < 4.78 is 0. The minimum absolute atomic E-state index is 0.00708. The molecule has 1 unspecified atom stereocenters. The van der Waals surface area contributed by atoms with E-state index in [1.165, 1.54) is 0 Å². The lowest BCUT2D eigenvalue weighted by Gasteiger charge is -2.25. The second-order valence-corrected chi connectivity index (χ2v) is 5.32. The van der Waals surface area contributed by atoms with Crippen molar-refractivity contribution in [3.63, 3.8) is 0 Å². The summed E-state index contributed by atoms with van der Waals surface area (Å²) in [6.07, 6.45) is 2.74. The van der Waals surface area contributed by atoms with E-state index in [1.54, 1.807) is 35.7 Å². The number of thioether (sulfide) groups is 1. The van der Waals surface area contributed by atoms with Crippen LogP contribution in [0, 0.1) is 0 Å². The first-order valence-corrected chi connectivity index (χ1v) is 6.91. The largest absolute Gasteiger partial charge is 0.347 e. The number of allylic oxidation sites excluding steroid dienone is 1. The van der Waals surface area contributed by atoms with Crippen molar-refractivity contribution in [1.29, 1.82) is 0 Å². The Morgan fingerprint density at radius 2 is 2.12 bits per heavy atom. The summed E-state index contributed by atoms with van der Waals surface area (Å²) in [5.41, 5.74) is 0.728. The minimum atomic E-state index is -0.303. The molecular weight excluding hydrogens is 236 g/mol. The number of carbonyl (C=O) groups is 2. The van der Waals surface area contributed by atoms with Gasteiger partial charge in [0.1, 0.15) is 6.04 Å². The third-order valence-electron chi connectivity index (χ3n) is 2.72. The summed E-state index contributed by atoms with van der Waals surface area (Å²) in [5.74, 6) is 1.30. The number of carbonyl (C=O) groups excluding carboxylic acids is 2. The zero-order chi connectivity index (χ0) is 13.0. The van der Waals surface area contributed by atoms with E-state index in [0.29, 0.717) is 11.6 Å². The molecule has 0 saturated carbocycles. The highest BCUT2D eigenvalue weighted by atomic mass is 32.2. The van der Waals surface area contributed by atoms with Gasteiger partial charge >= 0.3 is 0 Å². The first-order chi connectivity index (χ1) is 7.99. The maximum atomic E-state index is 12.1. The normalized spacial score (nSPS) is 20.6. The molecule has 0 aromatic carbocycles. The fourth-order valence-corrected chi connectivity index (χ4v) is 2.91. The second kappa shape index (κ2) is 6.10. The van der Waals surface area contributed by atoms with Crippen LogP contribution >= 0.6 is 11.8 Å². The van der Waals surface area contributed by atoms with Crippen molar-refractivity contribution >= 4 is 23.6 Å². The number of rotatable bonds is 3. The highest BCUT2D eigenvalue weighted by molar-refractivity contribution is 7.99. The Hall–Kier alpha value is -0.970. The van der Waals surface area contributed by atoms with E-state index in [4.69, 9.17) is 0 Å². The Morgan fingerprint density at radius 3 is 2.65 bits per heavy atom. The number of amides is 2. The molecule has 1 aliphatic heterocycles. The molecule has 0 N–H and O–H groups in total. The number of hydrogen-bond acceptors (Lipinski definition) is 3. The van der Waals surface area contributed by atoms with E-state index in [1.807, 2.05) is 19.9 Å². The quantitative estimate of drug-likeness (QED) is 0.715. The van der Waals surface area contributed by atoms with Crippen LogP contribution in [-0.4, -0.2) is 53.4 Å². The maximum Gasteiger partial charge on any atom is 0.250 e. The lowest BCUT2D eigenvalue weighted by Crippen LogP contribution is -2.47. The second-order valence-electron chi connectivity index (χ2n) is 4.32. The third kappa shape index (κ3) is 3.25. The Labute approximate surface area is 107 Å². The van der Waals surface area contributed by atoms with E-state index >= 15 is 0 Å². The Kier molecular flexibility index (Phi) is 5.05. The van der Waals surface area contributed by atoms with Crippen molar-refractivity contribution in [2.75, 3.05) is 25.7 Å². The van der Waals surface area contributed by atoms with E-state index < -0.39 is 0 Å². The fourth-order valence-electron chi connectivity index (χ4n) is 1.77. The zero-order valence-corrected chi connectivity index (χ0v) is 11.7. The smallest absolute Gasteiger partial charge is 0.250 e. The van der Waals surface area contributed by atoms with Gasteiger partial charge in [0, 0.05) is 25.4 Å². The van der Waals surface area contributed by atoms with Gasteiger partial charge in [0.25, 0.3) is 5.91 Å². The molecule has 1 fully saturated rings. The van der Waals surface area contributed by atoms with Crippen LogP contribution in [0.25, 0.3) is 0 Å². The first-order valence-electron chi connectivity index (χ1n) is 5.75. The molecule has 0 aromatic heterocycles. The predicted octanol–water partition coefficient (Wildman–Crippen LogP) is 1.33. The van der Waals surface area contributed by atoms with Gasteiger partial charge in [0.05, 0.1) is 5.88 Å². The predicted molar refractivity (Wildman–Crippen MR) is 70.7 cm³/mol. The molecule has 17 heavy (non-hydrogen) atoms. The summed E-state index contributed by atoms with van der Waals surface area (Å²) >= 11 is 1.63. The van der Waals surface area contributed by atoms with Gasteiger partial charge in [0.2, 0.25) is 5.91 Å². The van der Waals surface area contributed by atoms with E-state index in [0.717, 1.165) is 12.0 Å². The number of nitrogens with zero attached hydrogens (tertiary/aromatic N) is 2. The van der Waals surface area contributed by atoms with Crippen molar-refractivity contribution in [3.05, 3.63) is 11.6 Å². The molecule has 5 heteroatoms. The lowest BCUT2D eigenvalue weighted by atomic mass is 10.2. The Morgan fingerprint density at radius 1 is 1.47 bits per heavy atom. The van der Waals surface area contributed by atoms with E-state index in [-0.39, 0.29) is 17.9 Å². The SMILES string of the molecule is CCC=C(C)C(=O)N1CSCC1C(=O)N(C)C. The standard InChI is InChI=1S/C12H20N2O2S/c1-5-6-9(2)11(15)14-8-17-7-10(14)12(16)13(3)4/h6,10H,5,7-8H2,1-4H3. The molecular formula is C12H20N2O2S. The molecule has 0 aromatic rings. The molecule has 0 bridgehead atoms. The van der Waals surface area contributed by atoms with E-state index in [2.05, 4.69) is 0 Å². The summed E-state index contributed by atoms with van der Waals surface area (Å²) in [6, 6.07) is -0.303. The topological polar surface area (TPSA) is 40.6 Å². The zero-order valence-electron chi connectivity index (χ0n) is 10.9. The van der Waals surface area contributed by atoms with Crippen molar-refractivity contribution in [2.24, 2.45) is 0 Å². The molecule has 2 amide bonds. The average molecular weight is 256 g/mol. The summed E-state index contributed by atoms with van der Waals surface area (Å²) in [5, 5.41) is 0. The molecule has 0 radical (unpaired) electrons. The molecule has 1 aliphatic rings. The van der Waals surface area contributed by atoms with Crippen molar-refractivity contribution in [2.45, 2.75) is 26.3 Å². The maximum absolute atomic E-state index is 12.1. The van der Waals surface area contributed by atoms with Gasteiger partial charge in [-0.3, -0.25) is 9.59 Å². The summed E-state index contributed by atoms with van der Waals surface area (Å²) in [4.78, 5) is 27.3. The molecule has 1 rings (SSSR count). The van der Waals surface area contributed by atoms with Crippen molar-refractivity contribution < 1.29 is 9.59 Å². The average Bonchev–Trinajstić information content (AvgIpc) is 2.75. The Balaban J connectivity index is 2.79. The van der Waals surface area contributed by atoms with Gasteiger partial charge < -0.3 is 9.80 Å². The minimum Gasteiger partial charge on any atom is -0.347 e. The molecule has 0 aliphatic carbocycles. The number of hydrogen-bond donors (Lipinski definition) is 0. The van der Waals surface area contributed by atoms with E-state index in [9.17, 15) is 9.59 Å². The lowest BCUT2D eigenvalue weighted by molar-refractivity contribution is -0.139. The van der Waals surface area contributed by atoms with Gasteiger partial charge in [-0.1, -0.05) is 13.0 Å². The van der Waals surface area contributed by atoms with Crippen LogP contribution in [0.5, 0.6) is 0 Å². The molecule has 1 atom stereocenters. The van der Waals surface area contributed by atoms with Gasteiger partial charge in [0.15, 0.2) is 0 Å². The molecule has 96 valence electrons. The van der Waals surface area contributed by atoms with Crippen LogP contribution in [-0.2, 0) is 9.59 Å². The van der Waals surface area contributed by atoms with Crippen molar-refractivity contribution in [3.8, 4) is 0 Å². The molecule has 1 heterocycles. The van der Waals surface area contributed by atoms with Crippen LogP contribution in [0.4, 0.5) is 0 Å². The van der Waals surface area contributed by atoms with Gasteiger partial charge in [-0.05, 0) is 13.3 Å². The third-order valence-corrected chi connectivity index (χ3v) is 3.73. The van der Waals surface area contributed by atoms with Crippen LogP contribution in [0.2, 0.25) is 0 Å². The highest BCUT2D eigenvalue weighted by Crippen LogP contribution is 2.23. The van der Waals surface area contributed by atoms with Crippen molar-refractivity contribution in [1.82, 2.24) is 9.80 Å². The first kappa shape index (κ1) is 14.1. The van der Waals surface area contributed by atoms with Crippen LogP contribution < -0.4 is 0 Å². The van der Waals surface area contributed by atoms with Gasteiger partial charge in [-0.2, -0.15) is 0 Å². The highest BCUT2D eigenvalue weighted by Gasteiger charge is 2.35. The monoisotopic (exact) mass is 256 g/mol. The summed E-state index contributed by atoms with van der Waals surface area (Å²) in [7, 11) is 3.45. The molecule has 4 nitrogen and oxygen atoms in total. The van der Waals surface area contributed by atoms with Crippen LogP contribution in [0.1, 0.15) is 20.3 Å². The fraction of sp³-hybridized carbons (Fsp3) is 0.667. The van der Waals surface area contributed by atoms with Crippen LogP contribution in [0.15, 0.2) is 11.6 Å². The van der Waals surface area contributed by atoms with Crippen LogP contribution in [0.3, 0.4) is 0 Å². The van der Waals surface area contributed by atoms with Gasteiger partial charge in [-0.25, -0.2) is 0 Å². The Bertz CT molecular complexity index is 339.